The van der Waals surface area contributed by atoms with Crippen molar-refractivity contribution in [1.29, 1.82) is 0 Å². The molecule has 124 valence electrons. The highest BCUT2D eigenvalue weighted by Gasteiger charge is 2.33. The van der Waals surface area contributed by atoms with Crippen molar-refractivity contribution in [3.63, 3.8) is 0 Å². The summed E-state index contributed by atoms with van der Waals surface area (Å²) in [5, 5.41) is 2.63. The molecule has 0 spiro atoms. The molecule has 0 aliphatic rings. The Labute approximate surface area is 135 Å². The molecule has 1 N–H and O–H groups in total. The molecule has 23 heavy (non-hydrogen) atoms. The van der Waals surface area contributed by atoms with Crippen LogP contribution in [0.2, 0.25) is 0 Å². The van der Waals surface area contributed by atoms with Crippen molar-refractivity contribution in [2.45, 2.75) is 25.8 Å². The van der Waals surface area contributed by atoms with Crippen LogP contribution in [0.15, 0.2) is 30.3 Å². The predicted octanol–water partition coefficient (Wildman–Crippen LogP) is 1.94. The molecule has 1 atom stereocenters. The van der Waals surface area contributed by atoms with Crippen LogP contribution in [0.5, 0.6) is 0 Å². The lowest BCUT2D eigenvalue weighted by molar-refractivity contribution is -0.149. The van der Waals surface area contributed by atoms with E-state index in [1.807, 2.05) is 0 Å². The first kappa shape index (κ1) is 18.4. The van der Waals surface area contributed by atoms with Crippen LogP contribution in [0.4, 0.5) is 0 Å². The van der Waals surface area contributed by atoms with Crippen molar-refractivity contribution >= 4 is 23.9 Å². The highest BCUT2D eigenvalue weighted by molar-refractivity contribution is 5.96. The monoisotopic (exact) mass is 319 g/mol. The number of hydrogen-bond acceptors (Lipinski definition) is 5. The van der Waals surface area contributed by atoms with E-state index < -0.39 is 23.4 Å². The molecule has 0 aliphatic heterocycles. The number of benzene rings is 1. The van der Waals surface area contributed by atoms with Crippen molar-refractivity contribution < 1.29 is 23.9 Å². The van der Waals surface area contributed by atoms with Crippen LogP contribution in [0.3, 0.4) is 0 Å². The van der Waals surface area contributed by atoms with Crippen LogP contribution in [-0.4, -0.2) is 37.6 Å². The molecule has 6 nitrogen and oxygen atoms in total. The minimum atomic E-state index is -1.06. The van der Waals surface area contributed by atoms with Crippen molar-refractivity contribution in [3.8, 4) is 0 Å². The van der Waals surface area contributed by atoms with Gasteiger partial charge >= 0.3 is 11.9 Å². The molecular formula is C17H21NO5. The second-order valence-corrected chi connectivity index (χ2v) is 5.11. The van der Waals surface area contributed by atoms with E-state index in [1.165, 1.54) is 20.3 Å². The number of rotatable bonds is 6. The van der Waals surface area contributed by atoms with Gasteiger partial charge in [0.05, 0.1) is 19.8 Å². The van der Waals surface area contributed by atoms with E-state index in [-0.39, 0.29) is 0 Å². The van der Waals surface area contributed by atoms with E-state index in [2.05, 4.69) is 10.1 Å². The SMILES string of the molecule is CCC(C)(NC(=O)C=Cc1ccc(C(=O)OC)cc1)C(=O)OC. The van der Waals surface area contributed by atoms with Crippen LogP contribution >= 0.6 is 0 Å². The van der Waals surface area contributed by atoms with E-state index in [0.717, 1.165) is 5.56 Å². The lowest BCUT2D eigenvalue weighted by atomic mass is 9.99. The highest BCUT2D eigenvalue weighted by atomic mass is 16.5. The Kier molecular flexibility index (Phi) is 6.50. The standard InChI is InChI=1S/C17H21NO5/c1-5-17(2,16(21)23-4)18-14(19)11-8-12-6-9-13(10-7-12)15(20)22-3/h6-11H,5H2,1-4H3,(H,18,19). The first-order valence-corrected chi connectivity index (χ1v) is 7.13. The summed E-state index contributed by atoms with van der Waals surface area (Å²) in [7, 11) is 2.59. The number of methoxy groups -OCH3 is 2. The van der Waals surface area contributed by atoms with Gasteiger partial charge in [-0.2, -0.15) is 0 Å². The smallest absolute Gasteiger partial charge is 0.337 e. The van der Waals surface area contributed by atoms with E-state index in [0.29, 0.717) is 12.0 Å². The topological polar surface area (TPSA) is 81.7 Å². The minimum absolute atomic E-state index is 0.406. The van der Waals surface area contributed by atoms with E-state index >= 15 is 0 Å². The molecule has 1 aromatic carbocycles. The molecule has 6 heteroatoms. The van der Waals surface area contributed by atoms with Gasteiger partial charge in [0.1, 0.15) is 5.54 Å². The number of carbonyl (C=O) groups is 3. The molecule has 0 heterocycles. The molecule has 0 fully saturated rings. The zero-order valence-corrected chi connectivity index (χ0v) is 13.7. The summed E-state index contributed by atoms with van der Waals surface area (Å²) in [5.74, 6) is -1.32. The van der Waals surface area contributed by atoms with Crippen molar-refractivity contribution in [2.24, 2.45) is 0 Å². The van der Waals surface area contributed by atoms with Gasteiger partial charge in [-0.25, -0.2) is 9.59 Å². The Morgan fingerprint density at radius 3 is 2.22 bits per heavy atom. The Hall–Kier alpha value is -2.63. The number of carbonyl (C=O) groups excluding carboxylic acids is 3. The van der Waals surface area contributed by atoms with Gasteiger partial charge in [0.2, 0.25) is 5.91 Å². The Bertz CT molecular complexity index is 606. The number of hydrogen-bond donors (Lipinski definition) is 1. The fraction of sp³-hybridized carbons (Fsp3) is 0.353. The van der Waals surface area contributed by atoms with Crippen molar-refractivity contribution in [1.82, 2.24) is 5.32 Å². The predicted molar refractivity (Wildman–Crippen MR) is 85.7 cm³/mol. The fourth-order valence-electron chi connectivity index (χ4n) is 1.84. The average Bonchev–Trinajstić information content (AvgIpc) is 2.58. The maximum Gasteiger partial charge on any atom is 0.337 e. The van der Waals surface area contributed by atoms with E-state index in [9.17, 15) is 14.4 Å². The normalized spacial score (nSPS) is 13.2. The Morgan fingerprint density at radius 2 is 1.74 bits per heavy atom. The molecule has 0 saturated heterocycles. The molecule has 1 unspecified atom stereocenters. The summed E-state index contributed by atoms with van der Waals surface area (Å²) in [5.41, 5.74) is 0.104. The van der Waals surface area contributed by atoms with Gasteiger partial charge in [0, 0.05) is 6.08 Å². The third-order valence-electron chi connectivity index (χ3n) is 3.50. The lowest BCUT2D eigenvalue weighted by Crippen LogP contribution is -2.51. The largest absolute Gasteiger partial charge is 0.467 e. The third kappa shape index (κ3) is 4.95. The summed E-state index contributed by atoms with van der Waals surface area (Å²) in [6, 6.07) is 6.59. The number of ether oxygens (including phenoxy) is 2. The van der Waals surface area contributed by atoms with Crippen LogP contribution < -0.4 is 5.32 Å². The summed E-state index contributed by atoms with van der Waals surface area (Å²) < 4.78 is 9.30. The second kappa shape index (κ2) is 8.12. The van der Waals surface area contributed by atoms with Gasteiger partial charge in [-0.15, -0.1) is 0 Å². The second-order valence-electron chi connectivity index (χ2n) is 5.11. The summed E-state index contributed by atoms with van der Waals surface area (Å²) in [6.45, 7) is 3.39. The van der Waals surface area contributed by atoms with Gasteiger partial charge in [-0.1, -0.05) is 19.1 Å². The van der Waals surface area contributed by atoms with Crippen LogP contribution in [0.25, 0.3) is 6.08 Å². The zero-order valence-electron chi connectivity index (χ0n) is 13.7. The molecule has 1 aromatic rings. The number of esters is 2. The molecule has 0 aliphatic carbocycles. The quantitative estimate of drug-likeness (QED) is 0.640. The van der Waals surface area contributed by atoms with Crippen LogP contribution in [0.1, 0.15) is 36.2 Å². The fourth-order valence-corrected chi connectivity index (χ4v) is 1.84. The van der Waals surface area contributed by atoms with Gasteiger partial charge < -0.3 is 14.8 Å². The first-order chi connectivity index (χ1) is 10.9. The Balaban J connectivity index is 2.75. The number of nitrogens with one attached hydrogen (secondary N) is 1. The highest BCUT2D eigenvalue weighted by Crippen LogP contribution is 2.12. The van der Waals surface area contributed by atoms with Crippen molar-refractivity contribution in [2.75, 3.05) is 14.2 Å². The molecule has 0 saturated carbocycles. The van der Waals surface area contributed by atoms with E-state index in [4.69, 9.17) is 4.74 Å². The summed E-state index contributed by atoms with van der Waals surface area (Å²) >= 11 is 0. The third-order valence-corrected chi connectivity index (χ3v) is 3.50. The van der Waals surface area contributed by atoms with Gasteiger partial charge in [0.25, 0.3) is 0 Å². The molecule has 1 amide bonds. The molecular weight excluding hydrogens is 298 g/mol. The van der Waals surface area contributed by atoms with Gasteiger partial charge in [-0.3, -0.25) is 4.79 Å². The Morgan fingerprint density at radius 1 is 1.13 bits per heavy atom. The van der Waals surface area contributed by atoms with Gasteiger partial charge in [0.15, 0.2) is 0 Å². The molecule has 0 aromatic heterocycles. The van der Waals surface area contributed by atoms with Crippen molar-refractivity contribution in [3.05, 3.63) is 41.5 Å². The van der Waals surface area contributed by atoms with Crippen LogP contribution in [-0.2, 0) is 19.1 Å². The molecule has 0 bridgehead atoms. The van der Waals surface area contributed by atoms with Crippen LogP contribution in [0, 0.1) is 0 Å². The maximum absolute atomic E-state index is 12.0. The maximum atomic E-state index is 12.0. The summed E-state index contributed by atoms with van der Waals surface area (Å²) in [6.07, 6.45) is 3.32. The zero-order chi connectivity index (χ0) is 17.5. The minimum Gasteiger partial charge on any atom is -0.467 e. The van der Waals surface area contributed by atoms with E-state index in [1.54, 1.807) is 44.2 Å². The first-order valence-electron chi connectivity index (χ1n) is 7.13. The molecule has 0 radical (unpaired) electrons. The lowest BCUT2D eigenvalue weighted by Gasteiger charge is -2.25. The molecule has 1 rings (SSSR count). The summed E-state index contributed by atoms with van der Waals surface area (Å²) in [4.78, 5) is 35.0. The number of amides is 1. The average molecular weight is 319 g/mol. The van der Waals surface area contributed by atoms with Gasteiger partial charge in [-0.05, 0) is 37.1 Å².